The summed E-state index contributed by atoms with van der Waals surface area (Å²) in [7, 11) is 0. The first-order chi connectivity index (χ1) is 17.8. The van der Waals surface area contributed by atoms with Gasteiger partial charge in [0.1, 0.15) is 18.5 Å². The van der Waals surface area contributed by atoms with E-state index in [1.54, 1.807) is 11.6 Å². The molecule has 10 nitrogen and oxygen atoms in total. The number of thiazole rings is 1. The van der Waals surface area contributed by atoms with Crippen molar-refractivity contribution >= 4 is 46.6 Å². The fourth-order valence-electron chi connectivity index (χ4n) is 3.83. The highest BCUT2D eigenvalue weighted by molar-refractivity contribution is 7.11. The predicted octanol–water partition coefficient (Wildman–Crippen LogP) is 3.94. The van der Waals surface area contributed by atoms with Crippen LogP contribution >= 0.6 is 22.9 Å². The summed E-state index contributed by atoms with van der Waals surface area (Å²) in [4.78, 5) is 36.9. The van der Waals surface area contributed by atoms with Crippen molar-refractivity contribution in [3.05, 3.63) is 74.8 Å². The van der Waals surface area contributed by atoms with E-state index in [2.05, 4.69) is 20.7 Å². The lowest BCUT2D eigenvalue weighted by atomic mass is 9.91. The monoisotopic (exact) mass is 552 g/mol. The van der Waals surface area contributed by atoms with Gasteiger partial charge in [0.15, 0.2) is 10.8 Å². The molecule has 1 amide bonds. The molecule has 15 heteroatoms. The molecule has 37 heavy (non-hydrogen) atoms. The van der Waals surface area contributed by atoms with E-state index in [1.165, 1.54) is 29.5 Å². The molecule has 1 fully saturated rings. The van der Waals surface area contributed by atoms with Gasteiger partial charge in [0.25, 0.3) is 0 Å². The summed E-state index contributed by atoms with van der Waals surface area (Å²) in [6.07, 6.45) is 2.76. The quantitative estimate of drug-likeness (QED) is 0.474. The second-order valence-corrected chi connectivity index (χ2v) is 8.89. The Hall–Kier alpha value is -4.00. The summed E-state index contributed by atoms with van der Waals surface area (Å²) in [6.45, 7) is -2.70. The van der Waals surface area contributed by atoms with Crippen LogP contribution in [0, 0.1) is 5.82 Å². The number of rotatable bonds is 6. The Morgan fingerprint density at radius 1 is 1.30 bits per heavy atom. The molecular weight excluding hydrogens is 537 g/mol. The summed E-state index contributed by atoms with van der Waals surface area (Å²) >= 11 is 7.74. The van der Waals surface area contributed by atoms with Crippen molar-refractivity contribution in [2.75, 3.05) is 6.61 Å². The maximum atomic E-state index is 13.8. The fourth-order valence-corrected chi connectivity index (χ4v) is 4.69. The molecule has 0 bridgehead atoms. The highest BCUT2D eigenvalue weighted by atomic mass is 35.5. The Morgan fingerprint density at radius 3 is 2.68 bits per heavy atom. The molecule has 5 rings (SSSR count). The molecule has 2 aliphatic heterocycles. The van der Waals surface area contributed by atoms with Crippen LogP contribution in [0.25, 0.3) is 5.57 Å². The molecule has 0 radical (unpaired) electrons. The lowest BCUT2D eigenvalue weighted by Gasteiger charge is -2.29. The van der Waals surface area contributed by atoms with Crippen molar-refractivity contribution in [3.63, 3.8) is 0 Å². The fraction of sp³-hybridized carbons (Fsp3) is 0.227. The van der Waals surface area contributed by atoms with Crippen LogP contribution in [0.4, 0.5) is 18.0 Å². The van der Waals surface area contributed by atoms with Gasteiger partial charge in [-0.2, -0.15) is 23.5 Å². The lowest BCUT2D eigenvalue weighted by Crippen LogP contribution is -2.35. The van der Waals surface area contributed by atoms with E-state index in [1.807, 2.05) is 0 Å². The van der Waals surface area contributed by atoms with Crippen LogP contribution in [0.15, 0.2) is 52.7 Å². The Kier molecular flexibility index (Phi) is 8.01. The zero-order valence-corrected chi connectivity index (χ0v) is 20.1. The number of hydrogen-bond donors (Lipinski definition) is 2. The van der Waals surface area contributed by atoms with Crippen LogP contribution in [0.2, 0.25) is 5.02 Å². The number of alkyl carbamates (subject to hydrolysis) is 1. The number of carbonyl (C=O) groups is 1. The van der Waals surface area contributed by atoms with Crippen molar-refractivity contribution in [3.8, 4) is 0 Å². The molecule has 3 aromatic rings. The van der Waals surface area contributed by atoms with Crippen LogP contribution in [0.1, 0.15) is 35.3 Å². The minimum absolute atomic E-state index is 0.122. The van der Waals surface area contributed by atoms with E-state index < -0.39 is 24.5 Å². The molecular formula is C22H16ClF3N6O4S. The lowest BCUT2D eigenvalue weighted by molar-refractivity contribution is -0.191. The minimum atomic E-state index is -2.83. The van der Waals surface area contributed by atoms with Crippen LogP contribution in [-0.2, 0) is 14.3 Å². The van der Waals surface area contributed by atoms with Crippen LogP contribution in [-0.4, -0.2) is 45.5 Å². The third-order valence-electron chi connectivity index (χ3n) is 5.29. The number of nitrogens with one attached hydrogen (secondary N) is 2. The maximum Gasteiger partial charge on any atom is 0.407 e. The molecule has 1 aromatic carbocycles. The Labute approximate surface area is 215 Å². The van der Waals surface area contributed by atoms with Gasteiger partial charge in [0.2, 0.25) is 0 Å². The van der Waals surface area contributed by atoms with Gasteiger partial charge >= 0.3 is 18.8 Å². The van der Waals surface area contributed by atoms with E-state index in [0.717, 1.165) is 12.3 Å². The van der Waals surface area contributed by atoms with Crippen LogP contribution in [0.3, 0.4) is 0 Å². The summed E-state index contributed by atoms with van der Waals surface area (Å²) in [6, 6.07) is 4.18. The summed E-state index contributed by atoms with van der Waals surface area (Å²) in [5.41, 5.74) is 1.74. The molecule has 0 unspecified atom stereocenters. The van der Waals surface area contributed by atoms with E-state index in [-0.39, 0.29) is 35.9 Å². The second-order valence-electron chi connectivity index (χ2n) is 7.59. The molecule has 2 atom stereocenters. The molecule has 0 saturated carbocycles. The van der Waals surface area contributed by atoms with Crippen molar-refractivity contribution in [2.45, 2.75) is 25.1 Å². The smallest absolute Gasteiger partial charge is 0.407 e. The number of cyclic esters (lactones) is 1. The second kappa shape index (κ2) is 11.4. The van der Waals surface area contributed by atoms with E-state index in [0.29, 0.717) is 32.4 Å². The average molecular weight is 553 g/mol. The number of amidine groups is 1. The number of aromatic nitrogens is 3. The number of alkyl halides is 2. The summed E-state index contributed by atoms with van der Waals surface area (Å²) < 4.78 is 45.9. The number of aliphatic imine (C=N–C) groups is 1. The van der Waals surface area contributed by atoms with Crippen LogP contribution < -0.4 is 10.6 Å². The molecule has 192 valence electrons. The maximum absolute atomic E-state index is 13.8. The van der Waals surface area contributed by atoms with Gasteiger partial charge in [-0.15, -0.1) is 11.3 Å². The van der Waals surface area contributed by atoms with E-state index >= 15 is 0 Å². The number of hydrogen-bond acceptors (Lipinski definition) is 9. The number of halogens is 4. The summed E-state index contributed by atoms with van der Waals surface area (Å²) in [5, 5.41) is 12.5. The first kappa shape index (κ1) is 26.1. The highest BCUT2D eigenvalue weighted by Gasteiger charge is 2.34. The molecule has 0 aliphatic carbocycles. The SMILES string of the molecule is O=C1N[C@@H](CC2=C(c3ccn(C(F)F)n3)[C@H](c3ccc(F)cc3Cl)N=C(c3nccs3)N2)CO1.O=C=O. The van der Waals surface area contributed by atoms with Gasteiger partial charge in [-0.05, 0) is 18.2 Å². The predicted molar refractivity (Wildman–Crippen MR) is 124 cm³/mol. The van der Waals surface area contributed by atoms with Gasteiger partial charge in [0, 0.05) is 46.1 Å². The highest BCUT2D eigenvalue weighted by Crippen LogP contribution is 2.41. The number of benzene rings is 1. The molecule has 2 aliphatic rings. The number of amides is 1. The van der Waals surface area contributed by atoms with Crippen LogP contribution in [0.5, 0.6) is 0 Å². The number of carbonyl (C=O) groups excluding carboxylic acids is 3. The number of nitrogens with zero attached hydrogens (tertiary/aromatic N) is 4. The number of ether oxygens (including phenoxy) is 1. The van der Waals surface area contributed by atoms with Crippen molar-refractivity contribution < 1.29 is 32.3 Å². The largest absolute Gasteiger partial charge is 0.447 e. The minimum Gasteiger partial charge on any atom is -0.447 e. The normalized spacial score (nSPS) is 18.8. The van der Waals surface area contributed by atoms with Gasteiger partial charge in [-0.1, -0.05) is 17.7 Å². The van der Waals surface area contributed by atoms with Gasteiger partial charge in [0.05, 0.1) is 11.7 Å². The summed E-state index contributed by atoms with van der Waals surface area (Å²) in [5.74, 6) is -0.0944. The first-order valence-electron chi connectivity index (χ1n) is 10.5. The van der Waals surface area contributed by atoms with Crippen molar-refractivity contribution in [1.82, 2.24) is 25.4 Å². The third kappa shape index (κ3) is 5.88. The molecule has 1 saturated heterocycles. The zero-order valence-electron chi connectivity index (χ0n) is 18.5. The molecule has 2 N–H and O–H groups in total. The molecule has 0 spiro atoms. The molecule has 4 heterocycles. The van der Waals surface area contributed by atoms with Crippen molar-refractivity contribution in [1.29, 1.82) is 0 Å². The van der Waals surface area contributed by atoms with Gasteiger partial charge in [-0.25, -0.2) is 18.9 Å². The molecule has 2 aromatic heterocycles. The Bertz CT molecular complexity index is 1390. The van der Waals surface area contributed by atoms with Gasteiger partial charge in [-0.3, -0.25) is 4.99 Å². The van der Waals surface area contributed by atoms with E-state index in [9.17, 15) is 18.0 Å². The first-order valence-corrected chi connectivity index (χ1v) is 11.8. The zero-order chi connectivity index (χ0) is 26.5. The van der Waals surface area contributed by atoms with Crippen molar-refractivity contribution in [2.24, 2.45) is 4.99 Å². The topological polar surface area (TPSA) is 128 Å². The Balaban J connectivity index is 0.00000102. The standard InChI is InChI=1S/C21H16ClF3N6O2S.CO2/c22-13-7-10(23)1-2-12(13)17-16(14-3-5-31(30-14)20(24)25)15(8-11-9-33-21(32)27-11)28-18(29-17)19-26-4-6-34-19;2-1-3/h1-7,11,17,20H,8-9H2,(H,27,32)(H,28,29);/t11-,17-;/m0./s1. The third-order valence-corrected chi connectivity index (χ3v) is 6.40. The van der Waals surface area contributed by atoms with E-state index in [4.69, 9.17) is 30.9 Å². The average Bonchev–Trinajstić information content (AvgIpc) is 3.62. The van der Waals surface area contributed by atoms with Gasteiger partial charge < -0.3 is 15.4 Å². The Morgan fingerprint density at radius 2 is 2.08 bits per heavy atom.